The third-order valence-corrected chi connectivity index (χ3v) is 5.07. The maximum Gasteiger partial charge on any atom is 0.233 e. The van der Waals surface area contributed by atoms with Crippen molar-refractivity contribution in [2.24, 2.45) is 10.4 Å². The third kappa shape index (κ3) is 4.10. The Hall–Kier alpha value is -1.86. The highest BCUT2D eigenvalue weighted by atomic mass is 35.5. The number of guanidine groups is 1. The Balaban J connectivity index is 1.77. The molecule has 1 spiro atoms. The fourth-order valence-electron chi connectivity index (χ4n) is 3.63. The molecular formula is C18H27ClN6O. The van der Waals surface area contributed by atoms with E-state index in [0.29, 0.717) is 5.96 Å². The van der Waals surface area contributed by atoms with Crippen molar-refractivity contribution < 1.29 is 4.79 Å². The van der Waals surface area contributed by atoms with Crippen LogP contribution in [0, 0.1) is 5.41 Å². The maximum absolute atomic E-state index is 13.1. The van der Waals surface area contributed by atoms with E-state index in [1.54, 1.807) is 19.4 Å². The smallest absolute Gasteiger partial charge is 0.233 e. The van der Waals surface area contributed by atoms with Crippen LogP contribution in [0.25, 0.3) is 0 Å². The van der Waals surface area contributed by atoms with Crippen LogP contribution in [0.2, 0.25) is 0 Å². The van der Waals surface area contributed by atoms with E-state index in [1.165, 1.54) is 0 Å². The van der Waals surface area contributed by atoms with Crippen LogP contribution in [-0.2, 0) is 4.79 Å². The number of piperidine rings is 1. The minimum atomic E-state index is -0.720. The van der Waals surface area contributed by atoms with E-state index in [2.05, 4.69) is 25.9 Å². The molecular weight excluding hydrogens is 352 g/mol. The normalized spacial score (nSPS) is 20.5. The van der Waals surface area contributed by atoms with E-state index in [4.69, 9.17) is 11.6 Å². The fourth-order valence-corrected chi connectivity index (χ4v) is 3.71. The van der Waals surface area contributed by atoms with Crippen molar-refractivity contribution in [2.75, 3.05) is 36.9 Å². The van der Waals surface area contributed by atoms with Crippen molar-refractivity contribution in [3.63, 3.8) is 0 Å². The van der Waals surface area contributed by atoms with Crippen molar-refractivity contribution >= 4 is 34.8 Å². The van der Waals surface area contributed by atoms with Gasteiger partial charge in [0.2, 0.25) is 5.91 Å². The number of carbonyl (C=O) groups is 1. The summed E-state index contributed by atoms with van der Waals surface area (Å²) in [6.07, 6.45) is 6.18. The molecule has 1 aromatic rings. The second-order valence-electron chi connectivity index (χ2n) is 7.41. The maximum atomic E-state index is 13.1. The van der Waals surface area contributed by atoms with Crippen molar-refractivity contribution in [3.8, 4) is 0 Å². The zero-order valence-corrected chi connectivity index (χ0v) is 16.4. The van der Waals surface area contributed by atoms with Crippen molar-refractivity contribution in [3.05, 3.63) is 18.5 Å². The van der Waals surface area contributed by atoms with Gasteiger partial charge in [-0.2, -0.15) is 0 Å². The molecule has 2 fully saturated rings. The summed E-state index contributed by atoms with van der Waals surface area (Å²) in [5, 5.41) is 9.51. The zero-order chi connectivity index (χ0) is 18.8. The zero-order valence-electron chi connectivity index (χ0n) is 15.6. The van der Waals surface area contributed by atoms with E-state index in [0.717, 1.165) is 50.3 Å². The van der Waals surface area contributed by atoms with Gasteiger partial charge < -0.3 is 20.9 Å². The molecule has 26 heavy (non-hydrogen) atoms. The first-order valence-electron chi connectivity index (χ1n) is 9.04. The van der Waals surface area contributed by atoms with Crippen LogP contribution < -0.4 is 20.9 Å². The SMILES string of the molecule is CN/C(=N\C(C)(C)Cl)Nc1cncc(N2CCC3(CCNCC3)C2=O)c1. The van der Waals surface area contributed by atoms with E-state index >= 15 is 0 Å². The lowest BCUT2D eigenvalue weighted by molar-refractivity contribution is -0.126. The van der Waals surface area contributed by atoms with E-state index in [9.17, 15) is 4.79 Å². The predicted molar refractivity (Wildman–Crippen MR) is 106 cm³/mol. The second-order valence-corrected chi connectivity index (χ2v) is 8.34. The number of carbonyl (C=O) groups excluding carboxylic acids is 1. The van der Waals surface area contributed by atoms with E-state index in [1.807, 2.05) is 24.8 Å². The molecule has 2 saturated heterocycles. The first kappa shape index (κ1) is 18.9. The number of halogens is 1. The molecule has 7 nitrogen and oxygen atoms in total. The van der Waals surface area contributed by atoms with E-state index < -0.39 is 5.00 Å². The summed E-state index contributed by atoms with van der Waals surface area (Å²) < 4.78 is 0. The molecule has 2 aliphatic rings. The van der Waals surface area contributed by atoms with Crippen LogP contribution in [0.15, 0.2) is 23.5 Å². The summed E-state index contributed by atoms with van der Waals surface area (Å²) in [7, 11) is 1.77. The van der Waals surface area contributed by atoms with Crippen LogP contribution >= 0.6 is 11.6 Å². The van der Waals surface area contributed by atoms with Gasteiger partial charge in [-0.05, 0) is 52.3 Å². The molecule has 1 amide bonds. The molecule has 8 heteroatoms. The average molecular weight is 379 g/mol. The largest absolute Gasteiger partial charge is 0.359 e. The summed E-state index contributed by atoms with van der Waals surface area (Å²) in [4.78, 5) is 22.9. The summed E-state index contributed by atoms with van der Waals surface area (Å²) in [5.74, 6) is 0.772. The van der Waals surface area contributed by atoms with Crippen LogP contribution in [0.5, 0.6) is 0 Å². The minimum Gasteiger partial charge on any atom is -0.359 e. The number of pyridine rings is 1. The molecule has 0 saturated carbocycles. The number of hydrogen-bond donors (Lipinski definition) is 3. The Morgan fingerprint density at radius 2 is 2.08 bits per heavy atom. The summed E-state index contributed by atoms with van der Waals surface area (Å²) in [6, 6.07) is 1.93. The van der Waals surface area contributed by atoms with Gasteiger partial charge in [-0.25, -0.2) is 4.99 Å². The number of aromatic nitrogens is 1. The molecule has 2 aliphatic heterocycles. The molecule has 0 radical (unpaired) electrons. The molecule has 3 heterocycles. The topological polar surface area (TPSA) is 81.7 Å². The van der Waals surface area contributed by atoms with Gasteiger partial charge in [0, 0.05) is 13.6 Å². The Bertz CT molecular complexity index is 693. The number of aliphatic imine (C=N–C) groups is 1. The van der Waals surface area contributed by atoms with Gasteiger partial charge in [0.15, 0.2) is 5.96 Å². The van der Waals surface area contributed by atoms with Crippen molar-refractivity contribution in [1.29, 1.82) is 0 Å². The monoisotopic (exact) mass is 378 g/mol. The summed E-state index contributed by atoms with van der Waals surface area (Å²) in [5.41, 5.74) is 1.38. The van der Waals surface area contributed by atoms with Gasteiger partial charge in [-0.3, -0.25) is 9.78 Å². The first-order chi connectivity index (χ1) is 12.3. The molecule has 0 bridgehead atoms. The van der Waals surface area contributed by atoms with Crippen LogP contribution in [0.4, 0.5) is 11.4 Å². The number of nitrogens with one attached hydrogen (secondary N) is 3. The fraction of sp³-hybridized carbons (Fsp3) is 0.611. The van der Waals surface area contributed by atoms with Gasteiger partial charge >= 0.3 is 0 Å². The lowest BCUT2D eigenvalue weighted by Crippen LogP contribution is -2.42. The molecule has 0 aromatic carbocycles. The molecule has 142 valence electrons. The quantitative estimate of drug-likeness (QED) is 0.325. The molecule has 3 rings (SSSR count). The second kappa shape index (κ2) is 7.40. The van der Waals surface area contributed by atoms with Crippen LogP contribution in [0.3, 0.4) is 0 Å². The molecule has 1 aromatic heterocycles. The van der Waals surface area contributed by atoms with Crippen LogP contribution in [-0.4, -0.2) is 48.5 Å². The summed E-state index contributed by atoms with van der Waals surface area (Å²) >= 11 is 6.17. The van der Waals surface area contributed by atoms with E-state index in [-0.39, 0.29) is 11.3 Å². The van der Waals surface area contributed by atoms with Crippen molar-refractivity contribution in [2.45, 2.75) is 38.1 Å². The Kier molecular flexibility index (Phi) is 5.39. The molecule has 0 aliphatic carbocycles. The number of amides is 1. The Labute approximate surface area is 159 Å². The first-order valence-corrected chi connectivity index (χ1v) is 9.42. The van der Waals surface area contributed by atoms with Gasteiger partial charge in [-0.1, -0.05) is 11.6 Å². The average Bonchev–Trinajstić information content (AvgIpc) is 2.90. The highest BCUT2D eigenvalue weighted by Crippen LogP contribution is 2.41. The Morgan fingerprint density at radius 1 is 1.35 bits per heavy atom. The number of rotatable bonds is 3. The highest BCUT2D eigenvalue weighted by Gasteiger charge is 2.47. The molecule has 0 unspecified atom stereocenters. The van der Waals surface area contributed by atoms with Crippen LogP contribution in [0.1, 0.15) is 33.1 Å². The molecule has 3 N–H and O–H groups in total. The predicted octanol–water partition coefficient (Wildman–Crippen LogP) is 2.15. The number of nitrogens with zero attached hydrogens (tertiary/aromatic N) is 3. The lowest BCUT2D eigenvalue weighted by Gasteiger charge is -2.32. The lowest BCUT2D eigenvalue weighted by atomic mass is 9.78. The highest BCUT2D eigenvalue weighted by molar-refractivity contribution is 6.24. The number of alkyl halides is 1. The number of anilines is 2. The van der Waals surface area contributed by atoms with Gasteiger partial charge in [0.1, 0.15) is 5.00 Å². The standard InChI is InChI=1S/C18H27ClN6O/c1-17(2,19)24-16(20-3)23-13-10-14(12-22-11-13)25-9-6-18(15(25)26)4-7-21-8-5-18/h10-12,21H,4-9H2,1-3H3,(H2,20,23,24). The summed E-state index contributed by atoms with van der Waals surface area (Å²) in [6.45, 7) is 6.18. The number of hydrogen-bond acceptors (Lipinski definition) is 4. The van der Waals surface area contributed by atoms with Crippen molar-refractivity contribution in [1.82, 2.24) is 15.6 Å². The minimum absolute atomic E-state index is 0.199. The van der Waals surface area contributed by atoms with Gasteiger partial charge in [0.25, 0.3) is 0 Å². The Morgan fingerprint density at radius 3 is 2.73 bits per heavy atom. The van der Waals surface area contributed by atoms with Gasteiger partial charge in [0.05, 0.1) is 29.2 Å². The van der Waals surface area contributed by atoms with Gasteiger partial charge in [-0.15, -0.1) is 0 Å². The molecule has 0 atom stereocenters. The third-order valence-electron chi connectivity index (χ3n) is 4.99.